The van der Waals surface area contributed by atoms with Crippen LogP contribution in [0.1, 0.15) is 24.0 Å². The van der Waals surface area contributed by atoms with Crippen molar-refractivity contribution in [3.8, 4) is 0 Å². The highest BCUT2D eigenvalue weighted by Crippen LogP contribution is 2.33. The first-order chi connectivity index (χ1) is 11.0. The lowest BCUT2D eigenvalue weighted by molar-refractivity contribution is -0.0277. The fourth-order valence-corrected chi connectivity index (χ4v) is 3.15. The SMILES string of the molecule is OC1(c2ccc(Cl)cc2)CCN(Cc2ccc(F)c(F)c2)CC1. The number of likely N-dealkylation sites (tertiary alicyclic amines) is 1. The highest BCUT2D eigenvalue weighted by atomic mass is 35.5. The third kappa shape index (κ3) is 3.71. The van der Waals surface area contributed by atoms with E-state index in [-0.39, 0.29) is 0 Å². The minimum atomic E-state index is -0.852. The number of piperidine rings is 1. The Morgan fingerprint density at radius 3 is 2.26 bits per heavy atom. The molecule has 0 amide bonds. The molecule has 2 aromatic rings. The first-order valence-electron chi connectivity index (χ1n) is 7.61. The van der Waals surface area contributed by atoms with E-state index in [9.17, 15) is 13.9 Å². The summed E-state index contributed by atoms with van der Waals surface area (Å²) in [6.07, 6.45) is 1.19. The third-order valence-corrected chi connectivity index (χ3v) is 4.71. The van der Waals surface area contributed by atoms with Gasteiger partial charge in [-0.3, -0.25) is 4.90 Å². The van der Waals surface area contributed by atoms with Crippen molar-refractivity contribution >= 4 is 11.6 Å². The van der Waals surface area contributed by atoms with Crippen molar-refractivity contribution in [3.05, 3.63) is 70.2 Å². The molecule has 2 nitrogen and oxygen atoms in total. The van der Waals surface area contributed by atoms with Gasteiger partial charge >= 0.3 is 0 Å². The first-order valence-corrected chi connectivity index (χ1v) is 7.99. The molecule has 23 heavy (non-hydrogen) atoms. The monoisotopic (exact) mass is 337 g/mol. The van der Waals surface area contributed by atoms with E-state index in [2.05, 4.69) is 4.90 Å². The van der Waals surface area contributed by atoms with Crippen LogP contribution in [-0.2, 0) is 12.1 Å². The Kier molecular flexibility index (Phi) is 4.67. The predicted octanol–water partition coefficient (Wildman–Crippen LogP) is 4.10. The maximum absolute atomic E-state index is 13.3. The fraction of sp³-hybridized carbons (Fsp3) is 0.333. The van der Waals surface area contributed by atoms with Crippen LogP contribution >= 0.6 is 11.6 Å². The second-order valence-electron chi connectivity index (χ2n) is 6.06. The Morgan fingerprint density at radius 1 is 1.00 bits per heavy atom. The first kappa shape index (κ1) is 16.4. The standard InChI is InChI=1S/C18H18ClF2NO/c19-15-4-2-14(3-5-15)18(23)7-9-22(10-8-18)12-13-1-6-16(20)17(21)11-13/h1-6,11,23H,7-10,12H2. The minimum absolute atomic E-state index is 0.550. The summed E-state index contributed by atoms with van der Waals surface area (Å²) in [6, 6.07) is 11.2. The average molecular weight is 338 g/mol. The van der Waals surface area contributed by atoms with Crippen molar-refractivity contribution in [1.29, 1.82) is 0 Å². The van der Waals surface area contributed by atoms with Gasteiger partial charge in [0.25, 0.3) is 0 Å². The smallest absolute Gasteiger partial charge is 0.159 e. The minimum Gasteiger partial charge on any atom is -0.385 e. The predicted molar refractivity (Wildman–Crippen MR) is 86.2 cm³/mol. The van der Waals surface area contributed by atoms with Gasteiger partial charge in [-0.05, 0) is 48.2 Å². The molecule has 0 atom stereocenters. The normalized spacial score (nSPS) is 18.1. The number of aliphatic hydroxyl groups is 1. The molecular formula is C18H18ClF2NO. The van der Waals surface area contributed by atoms with Gasteiger partial charge in [-0.2, -0.15) is 0 Å². The summed E-state index contributed by atoms with van der Waals surface area (Å²) < 4.78 is 26.2. The highest BCUT2D eigenvalue weighted by molar-refractivity contribution is 6.30. The number of benzene rings is 2. The van der Waals surface area contributed by atoms with E-state index in [0.717, 1.165) is 17.2 Å². The zero-order valence-electron chi connectivity index (χ0n) is 12.6. The van der Waals surface area contributed by atoms with E-state index < -0.39 is 17.2 Å². The van der Waals surface area contributed by atoms with E-state index in [1.165, 1.54) is 6.07 Å². The summed E-state index contributed by atoms with van der Waals surface area (Å²) in [7, 11) is 0. The second kappa shape index (κ2) is 6.56. The van der Waals surface area contributed by atoms with Crippen LogP contribution in [0.3, 0.4) is 0 Å². The van der Waals surface area contributed by atoms with Crippen LogP contribution in [0.15, 0.2) is 42.5 Å². The Balaban J connectivity index is 1.63. The van der Waals surface area contributed by atoms with Crippen LogP contribution in [0.2, 0.25) is 5.02 Å². The number of rotatable bonds is 3. The van der Waals surface area contributed by atoms with Crippen LogP contribution in [0.5, 0.6) is 0 Å². The van der Waals surface area contributed by atoms with Gasteiger partial charge in [-0.25, -0.2) is 8.78 Å². The van der Waals surface area contributed by atoms with E-state index in [1.807, 2.05) is 12.1 Å². The van der Waals surface area contributed by atoms with E-state index in [1.54, 1.807) is 18.2 Å². The van der Waals surface area contributed by atoms with E-state index in [0.29, 0.717) is 37.5 Å². The quantitative estimate of drug-likeness (QED) is 0.911. The molecule has 1 aliphatic heterocycles. The molecule has 0 spiro atoms. The zero-order valence-corrected chi connectivity index (χ0v) is 13.4. The average Bonchev–Trinajstić information content (AvgIpc) is 2.54. The van der Waals surface area contributed by atoms with Crippen LogP contribution in [0.4, 0.5) is 8.78 Å². The second-order valence-corrected chi connectivity index (χ2v) is 6.50. The molecule has 0 unspecified atom stereocenters. The Bertz CT molecular complexity index is 682. The van der Waals surface area contributed by atoms with Crippen LogP contribution < -0.4 is 0 Å². The lowest BCUT2D eigenvalue weighted by Gasteiger charge is -2.38. The van der Waals surface area contributed by atoms with Gasteiger partial charge < -0.3 is 5.11 Å². The topological polar surface area (TPSA) is 23.5 Å². The maximum Gasteiger partial charge on any atom is 0.159 e. The summed E-state index contributed by atoms with van der Waals surface area (Å²) in [5.74, 6) is -1.65. The maximum atomic E-state index is 13.3. The molecule has 0 radical (unpaired) electrons. The van der Waals surface area contributed by atoms with Crippen LogP contribution in [0.25, 0.3) is 0 Å². The summed E-state index contributed by atoms with van der Waals surface area (Å²) in [6.45, 7) is 1.93. The Labute approximate surface area is 139 Å². The van der Waals surface area contributed by atoms with Crippen LogP contribution in [-0.4, -0.2) is 23.1 Å². The molecule has 3 rings (SSSR count). The van der Waals surface area contributed by atoms with Gasteiger partial charge in [0.05, 0.1) is 5.60 Å². The van der Waals surface area contributed by atoms with Crippen LogP contribution in [0, 0.1) is 11.6 Å². The van der Waals surface area contributed by atoms with E-state index in [4.69, 9.17) is 11.6 Å². The van der Waals surface area contributed by atoms with Crippen molar-refractivity contribution in [2.45, 2.75) is 25.0 Å². The van der Waals surface area contributed by atoms with Gasteiger partial charge in [-0.15, -0.1) is 0 Å². The Morgan fingerprint density at radius 2 is 1.65 bits per heavy atom. The summed E-state index contributed by atoms with van der Waals surface area (Å²) in [5, 5.41) is 11.5. The molecule has 0 aromatic heterocycles. The fourth-order valence-electron chi connectivity index (χ4n) is 3.03. The van der Waals surface area contributed by atoms with Crippen molar-refractivity contribution in [2.24, 2.45) is 0 Å². The molecule has 5 heteroatoms. The van der Waals surface area contributed by atoms with Crippen molar-refractivity contribution < 1.29 is 13.9 Å². The van der Waals surface area contributed by atoms with Gasteiger partial charge in [0.15, 0.2) is 11.6 Å². The summed E-state index contributed by atoms with van der Waals surface area (Å²) in [5.41, 5.74) is 0.755. The molecule has 0 aliphatic carbocycles. The van der Waals surface area contributed by atoms with Gasteiger partial charge in [0.2, 0.25) is 0 Å². The Hall–Kier alpha value is -1.49. The molecule has 1 N–H and O–H groups in total. The summed E-state index contributed by atoms with van der Waals surface area (Å²) in [4.78, 5) is 2.14. The number of hydrogen-bond donors (Lipinski definition) is 1. The zero-order chi connectivity index (χ0) is 16.4. The molecule has 1 heterocycles. The largest absolute Gasteiger partial charge is 0.385 e. The molecule has 0 saturated carbocycles. The summed E-state index contributed by atoms with van der Waals surface area (Å²) >= 11 is 5.89. The molecule has 0 bridgehead atoms. The van der Waals surface area contributed by atoms with Crippen molar-refractivity contribution in [1.82, 2.24) is 4.90 Å². The highest BCUT2D eigenvalue weighted by Gasteiger charge is 2.33. The van der Waals surface area contributed by atoms with Gasteiger partial charge in [0, 0.05) is 24.7 Å². The number of nitrogens with zero attached hydrogens (tertiary/aromatic N) is 1. The van der Waals surface area contributed by atoms with Gasteiger partial charge in [0.1, 0.15) is 0 Å². The molecule has 122 valence electrons. The number of hydrogen-bond acceptors (Lipinski definition) is 2. The molecular weight excluding hydrogens is 320 g/mol. The van der Waals surface area contributed by atoms with E-state index >= 15 is 0 Å². The molecule has 1 fully saturated rings. The molecule has 1 aliphatic rings. The lowest BCUT2D eigenvalue weighted by Crippen LogP contribution is -2.42. The molecule has 2 aromatic carbocycles. The van der Waals surface area contributed by atoms with Crippen molar-refractivity contribution in [2.75, 3.05) is 13.1 Å². The third-order valence-electron chi connectivity index (χ3n) is 4.45. The van der Waals surface area contributed by atoms with Gasteiger partial charge in [-0.1, -0.05) is 29.8 Å². The molecule has 1 saturated heterocycles. The lowest BCUT2D eigenvalue weighted by atomic mass is 9.84. The van der Waals surface area contributed by atoms with Crippen molar-refractivity contribution in [3.63, 3.8) is 0 Å². The number of halogens is 3.